The van der Waals surface area contributed by atoms with Crippen molar-refractivity contribution in [3.63, 3.8) is 0 Å². The van der Waals surface area contributed by atoms with Gasteiger partial charge in [0.15, 0.2) is 0 Å². The van der Waals surface area contributed by atoms with Crippen LogP contribution < -0.4 is 0 Å². The minimum Gasteiger partial charge on any atom is -0.481 e. The molecular formula is C21H26O6. The molecule has 0 radical (unpaired) electrons. The third-order valence-electron chi connectivity index (χ3n) is 6.14. The molecule has 6 heteroatoms. The van der Waals surface area contributed by atoms with Crippen molar-refractivity contribution in [2.45, 2.75) is 46.5 Å². The van der Waals surface area contributed by atoms with Crippen molar-refractivity contribution in [2.24, 2.45) is 16.7 Å². The minimum absolute atomic E-state index is 0.0839. The van der Waals surface area contributed by atoms with E-state index < -0.39 is 28.7 Å². The molecule has 1 aromatic carbocycles. The minimum atomic E-state index is -1.42. The van der Waals surface area contributed by atoms with Gasteiger partial charge in [-0.15, -0.1) is 0 Å². The number of ether oxygens (including phenoxy) is 1. The Morgan fingerprint density at radius 3 is 2.37 bits per heavy atom. The summed E-state index contributed by atoms with van der Waals surface area (Å²) in [5.41, 5.74) is -2.22. The molecule has 27 heavy (non-hydrogen) atoms. The van der Waals surface area contributed by atoms with Gasteiger partial charge in [-0.2, -0.15) is 0 Å². The summed E-state index contributed by atoms with van der Waals surface area (Å²) in [6, 6.07) is 8.47. The number of carboxylic acid groups (broad SMARTS) is 1. The van der Waals surface area contributed by atoms with Gasteiger partial charge < -0.3 is 14.6 Å². The first kappa shape index (κ1) is 20.8. The van der Waals surface area contributed by atoms with Crippen molar-refractivity contribution >= 4 is 23.5 Å². The fourth-order valence-electron chi connectivity index (χ4n) is 3.93. The van der Waals surface area contributed by atoms with Crippen LogP contribution in [0.1, 0.15) is 56.8 Å². The maximum absolute atomic E-state index is 12.7. The number of hydrogen-bond acceptors (Lipinski definition) is 5. The van der Waals surface area contributed by atoms with Crippen LogP contribution in [0.3, 0.4) is 0 Å². The molecule has 0 saturated heterocycles. The molecule has 0 bridgehead atoms. The highest BCUT2D eigenvalue weighted by atomic mass is 16.5. The summed E-state index contributed by atoms with van der Waals surface area (Å²) in [6.07, 6.45) is 0.860. The molecule has 1 aliphatic carbocycles. The molecule has 1 aliphatic rings. The molecule has 1 aromatic rings. The zero-order valence-electron chi connectivity index (χ0n) is 16.0. The number of hydrogen-bond donors (Lipinski definition) is 1. The van der Waals surface area contributed by atoms with Crippen molar-refractivity contribution < 1.29 is 29.0 Å². The number of carboxylic acids is 1. The number of rotatable bonds is 7. The summed E-state index contributed by atoms with van der Waals surface area (Å²) in [5, 5.41) is 9.99. The van der Waals surface area contributed by atoms with Crippen LogP contribution in [0.15, 0.2) is 30.3 Å². The van der Waals surface area contributed by atoms with Crippen LogP contribution in [-0.2, 0) is 19.1 Å². The van der Waals surface area contributed by atoms with Crippen LogP contribution in [0.5, 0.6) is 0 Å². The second-order valence-electron chi connectivity index (χ2n) is 7.66. The maximum atomic E-state index is 12.7. The van der Waals surface area contributed by atoms with Gasteiger partial charge in [-0.05, 0) is 38.8 Å². The number of esters is 1. The van der Waals surface area contributed by atoms with E-state index in [4.69, 9.17) is 4.74 Å². The van der Waals surface area contributed by atoms with Gasteiger partial charge in [0.25, 0.3) is 0 Å². The first-order valence-electron chi connectivity index (χ1n) is 9.11. The Balaban J connectivity index is 2.24. The van der Waals surface area contributed by atoms with Gasteiger partial charge >= 0.3 is 11.9 Å². The van der Waals surface area contributed by atoms with Gasteiger partial charge in [0.1, 0.15) is 11.6 Å². The first-order valence-corrected chi connectivity index (χ1v) is 9.11. The molecule has 3 atom stereocenters. The molecule has 146 valence electrons. The normalized spacial score (nSPS) is 27.8. The topological polar surface area (TPSA) is 97.7 Å². The van der Waals surface area contributed by atoms with Crippen LogP contribution in [0.4, 0.5) is 0 Å². The average Bonchev–Trinajstić information content (AvgIpc) is 2.64. The van der Waals surface area contributed by atoms with Gasteiger partial charge in [0, 0.05) is 24.2 Å². The van der Waals surface area contributed by atoms with Crippen molar-refractivity contribution in [3.8, 4) is 0 Å². The van der Waals surface area contributed by atoms with E-state index in [2.05, 4.69) is 0 Å². The summed E-state index contributed by atoms with van der Waals surface area (Å²) in [7, 11) is 0. The molecule has 1 saturated carbocycles. The Hall–Kier alpha value is -2.50. The second-order valence-corrected chi connectivity index (χ2v) is 7.66. The molecule has 0 aliphatic heterocycles. The zero-order chi connectivity index (χ0) is 20.2. The Labute approximate surface area is 158 Å². The van der Waals surface area contributed by atoms with E-state index in [1.807, 2.05) is 0 Å². The number of Topliss-reactive ketones (excluding diaryl/α,β-unsaturated/α-hetero) is 2. The van der Waals surface area contributed by atoms with E-state index in [1.165, 1.54) is 13.8 Å². The fraction of sp³-hybridized carbons (Fsp3) is 0.524. The Morgan fingerprint density at radius 2 is 1.81 bits per heavy atom. The molecule has 0 unspecified atom stereocenters. The van der Waals surface area contributed by atoms with Gasteiger partial charge in [-0.1, -0.05) is 25.1 Å². The summed E-state index contributed by atoms with van der Waals surface area (Å²) in [4.78, 5) is 48.6. The van der Waals surface area contributed by atoms with Gasteiger partial charge in [0.05, 0.1) is 17.6 Å². The van der Waals surface area contributed by atoms with E-state index in [9.17, 15) is 24.3 Å². The van der Waals surface area contributed by atoms with Crippen molar-refractivity contribution in [1.29, 1.82) is 0 Å². The van der Waals surface area contributed by atoms with E-state index >= 15 is 0 Å². The quantitative estimate of drug-likeness (QED) is 0.736. The molecule has 6 nitrogen and oxygen atoms in total. The number of aliphatic carboxylic acids is 1. The fourth-order valence-corrected chi connectivity index (χ4v) is 3.93. The third-order valence-corrected chi connectivity index (χ3v) is 6.14. The lowest BCUT2D eigenvalue weighted by Crippen LogP contribution is -2.57. The van der Waals surface area contributed by atoms with Crippen molar-refractivity contribution in [1.82, 2.24) is 0 Å². The maximum Gasteiger partial charge on any atom is 0.338 e. The van der Waals surface area contributed by atoms with Gasteiger partial charge in [-0.25, -0.2) is 4.79 Å². The lowest BCUT2D eigenvalue weighted by Gasteiger charge is -2.50. The molecule has 0 aromatic heterocycles. The molecular weight excluding hydrogens is 348 g/mol. The van der Waals surface area contributed by atoms with Gasteiger partial charge in [0.2, 0.25) is 0 Å². The van der Waals surface area contributed by atoms with Crippen molar-refractivity contribution in [2.75, 3.05) is 6.61 Å². The van der Waals surface area contributed by atoms with E-state index in [1.54, 1.807) is 37.3 Å². The van der Waals surface area contributed by atoms with E-state index in [0.29, 0.717) is 12.0 Å². The standard InChI is InChI=1S/C21H26O6/c1-14(22)11-12-20(2)17(23)10-9-16(21(20,3)19(25)26)13-27-18(24)15-7-5-4-6-8-15/h4-8,16H,9-13H2,1-3H3,(H,25,26)/t16-,20-,21+/m0/s1. The Bertz CT molecular complexity index is 740. The number of carbonyl (C=O) groups excluding carboxylic acids is 3. The third kappa shape index (κ3) is 3.94. The van der Waals surface area contributed by atoms with E-state index in [-0.39, 0.29) is 37.4 Å². The molecule has 2 rings (SSSR count). The van der Waals surface area contributed by atoms with Crippen LogP contribution in [0.2, 0.25) is 0 Å². The molecule has 0 amide bonds. The monoisotopic (exact) mass is 374 g/mol. The highest BCUT2D eigenvalue weighted by Crippen LogP contribution is 2.54. The summed E-state index contributed by atoms with van der Waals surface area (Å²) < 4.78 is 5.39. The lowest BCUT2D eigenvalue weighted by atomic mass is 9.51. The largest absolute Gasteiger partial charge is 0.481 e. The molecule has 0 heterocycles. The van der Waals surface area contributed by atoms with E-state index in [0.717, 1.165) is 0 Å². The smallest absolute Gasteiger partial charge is 0.338 e. The SMILES string of the molecule is CC(=O)CC[C@@]1(C)C(=O)CC[C@@H](COC(=O)c2ccccc2)[C@]1(C)C(=O)O. The number of ketones is 2. The predicted octanol–water partition coefficient (Wildman–Crippen LogP) is 3.29. The summed E-state index contributed by atoms with van der Waals surface area (Å²) in [6.45, 7) is 4.50. The highest BCUT2D eigenvalue weighted by molar-refractivity contribution is 5.94. The van der Waals surface area contributed by atoms with Crippen LogP contribution in [0.25, 0.3) is 0 Å². The first-order chi connectivity index (χ1) is 12.6. The van der Waals surface area contributed by atoms with Gasteiger partial charge in [-0.3, -0.25) is 9.59 Å². The molecule has 1 N–H and O–H groups in total. The average molecular weight is 374 g/mol. The highest BCUT2D eigenvalue weighted by Gasteiger charge is 2.61. The van der Waals surface area contributed by atoms with Crippen LogP contribution >= 0.6 is 0 Å². The number of benzene rings is 1. The Kier molecular flexibility index (Phi) is 6.19. The predicted molar refractivity (Wildman–Crippen MR) is 98.2 cm³/mol. The van der Waals surface area contributed by atoms with Crippen molar-refractivity contribution in [3.05, 3.63) is 35.9 Å². The lowest BCUT2D eigenvalue weighted by molar-refractivity contribution is -0.176. The number of carbonyl (C=O) groups is 4. The zero-order valence-corrected chi connectivity index (χ0v) is 16.0. The summed E-state index contributed by atoms with van der Waals surface area (Å²) in [5.74, 6) is -2.39. The molecule has 0 spiro atoms. The molecule has 1 fully saturated rings. The second kappa shape index (κ2) is 8.03. The Morgan fingerprint density at radius 1 is 1.19 bits per heavy atom. The van der Waals surface area contributed by atoms with Crippen LogP contribution in [-0.4, -0.2) is 35.2 Å². The van der Waals surface area contributed by atoms with Crippen LogP contribution in [0, 0.1) is 16.7 Å². The summed E-state index contributed by atoms with van der Waals surface area (Å²) >= 11 is 0.